The summed E-state index contributed by atoms with van der Waals surface area (Å²) < 4.78 is 21.3. The standard InChI is InChI=1S/C20H22N2O5S/c1-24-16-5-6-17(25-2)14(10-16)7-8-21-20(23)13-26-12-15-11-18(27-22-15)19-4-3-9-28-19/h3-6,9-11H,7-8,12-13H2,1-2H3,(H,21,23). The van der Waals surface area contributed by atoms with Gasteiger partial charge in [-0.15, -0.1) is 11.3 Å². The van der Waals surface area contributed by atoms with E-state index in [1.807, 2.05) is 41.8 Å². The third-order valence-electron chi connectivity index (χ3n) is 4.01. The predicted molar refractivity (Wildman–Crippen MR) is 106 cm³/mol. The van der Waals surface area contributed by atoms with Crippen molar-refractivity contribution < 1.29 is 23.5 Å². The van der Waals surface area contributed by atoms with Gasteiger partial charge in [-0.3, -0.25) is 4.79 Å². The lowest BCUT2D eigenvalue weighted by Gasteiger charge is -2.11. The minimum Gasteiger partial charge on any atom is -0.497 e. The molecule has 7 nitrogen and oxygen atoms in total. The van der Waals surface area contributed by atoms with Gasteiger partial charge in [0, 0.05) is 12.6 Å². The summed E-state index contributed by atoms with van der Waals surface area (Å²) in [5.74, 6) is 2.02. The van der Waals surface area contributed by atoms with Gasteiger partial charge in [0.05, 0.1) is 25.7 Å². The molecule has 0 unspecified atom stereocenters. The maximum atomic E-state index is 12.0. The Labute approximate surface area is 167 Å². The molecule has 0 radical (unpaired) electrons. The van der Waals surface area contributed by atoms with Gasteiger partial charge in [-0.1, -0.05) is 11.2 Å². The normalized spacial score (nSPS) is 10.6. The molecule has 0 atom stereocenters. The first-order valence-corrected chi connectivity index (χ1v) is 9.62. The quantitative estimate of drug-likeness (QED) is 0.560. The van der Waals surface area contributed by atoms with Crippen LogP contribution < -0.4 is 14.8 Å². The Morgan fingerprint density at radius 1 is 1.21 bits per heavy atom. The highest BCUT2D eigenvalue weighted by Gasteiger charge is 2.09. The number of amides is 1. The summed E-state index contributed by atoms with van der Waals surface area (Å²) >= 11 is 1.57. The molecule has 8 heteroatoms. The fraction of sp³-hybridized carbons (Fsp3) is 0.300. The van der Waals surface area contributed by atoms with Crippen LogP contribution in [-0.2, 0) is 22.6 Å². The Bertz CT molecular complexity index is 892. The van der Waals surface area contributed by atoms with Crippen molar-refractivity contribution in [2.45, 2.75) is 13.0 Å². The van der Waals surface area contributed by atoms with Gasteiger partial charge in [0.2, 0.25) is 5.91 Å². The lowest BCUT2D eigenvalue weighted by atomic mass is 10.1. The molecule has 28 heavy (non-hydrogen) atoms. The average molecular weight is 402 g/mol. The van der Waals surface area contributed by atoms with Gasteiger partial charge in [-0.05, 0) is 41.6 Å². The van der Waals surface area contributed by atoms with E-state index in [1.165, 1.54) is 0 Å². The minimum absolute atomic E-state index is 0.0452. The predicted octanol–water partition coefficient (Wildman–Crippen LogP) is 3.30. The van der Waals surface area contributed by atoms with E-state index in [4.69, 9.17) is 18.7 Å². The highest BCUT2D eigenvalue weighted by molar-refractivity contribution is 7.13. The summed E-state index contributed by atoms with van der Waals surface area (Å²) in [6, 6.07) is 11.3. The average Bonchev–Trinajstić information content (AvgIpc) is 3.39. The molecule has 3 rings (SSSR count). The molecule has 0 aliphatic carbocycles. The van der Waals surface area contributed by atoms with E-state index in [2.05, 4.69) is 10.5 Å². The first-order valence-electron chi connectivity index (χ1n) is 8.74. The smallest absolute Gasteiger partial charge is 0.246 e. The first-order chi connectivity index (χ1) is 13.7. The Morgan fingerprint density at radius 2 is 2.11 bits per heavy atom. The van der Waals surface area contributed by atoms with Crippen LogP contribution in [0.3, 0.4) is 0 Å². The van der Waals surface area contributed by atoms with E-state index in [9.17, 15) is 4.79 Å². The number of benzene rings is 1. The maximum absolute atomic E-state index is 12.0. The van der Waals surface area contributed by atoms with Crippen molar-refractivity contribution in [1.29, 1.82) is 0 Å². The van der Waals surface area contributed by atoms with Gasteiger partial charge < -0.3 is 24.1 Å². The zero-order valence-electron chi connectivity index (χ0n) is 15.8. The van der Waals surface area contributed by atoms with Crippen LogP contribution in [0.4, 0.5) is 0 Å². The number of rotatable bonds is 10. The van der Waals surface area contributed by atoms with Crippen molar-refractivity contribution in [3.8, 4) is 22.1 Å². The van der Waals surface area contributed by atoms with E-state index in [-0.39, 0.29) is 19.1 Å². The fourth-order valence-corrected chi connectivity index (χ4v) is 3.30. The van der Waals surface area contributed by atoms with Crippen molar-refractivity contribution in [1.82, 2.24) is 10.5 Å². The Morgan fingerprint density at radius 3 is 2.86 bits per heavy atom. The molecule has 1 amide bonds. The van der Waals surface area contributed by atoms with Gasteiger partial charge in [0.15, 0.2) is 5.76 Å². The van der Waals surface area contributed by atoms with E-state index in [1.54, 1.807) is 25.6 Å². The summed E-state index contributed by atoms with van der Waals surface area (Å²) in [6.07, 6.45) is 0.625. The second-order valence-electron chi connectivity index (χ2n) is 5.93. The van der Waals surface area contributed by atoms with Crippen LogP contribution in [0.15, 0.2) is 46.3 Å². The molecular formula is C20H22N2O5S. The van der Waals surface area contributed by atoms with Crippen LogP contribution in [0.1, 0.15) is 11.3 Å². The molecule has 0 saturated carbocycles. The molecule has 2 heterocycles. The third-order valence-corrected chi connectivity index (χ3v) is 4.89. The second kappa shape index (κ2) is 9.91. The molecule has 0 saturated heterocycles. The number of ether oxygens (including phenoxy) is 3. The van der Waals surface area contributed by atoms with Crippen LogP contribution in [0.25, 0.3) is 10.6 Å². The molecule has 3 aromatic rings. The largest absolute Gasteiger partial charge is 0.497 e. The molecule has 148 valence electrons. The summed E-state index contributed by atoms with van der Waals surface area (Å²) in [5.41, 5.74) is 1.61. The molecule has 1 aromatic carbocycles. The van der Waals surface area contributed by atoms with E-state index in [0.29, 0.717) is 24.4 Å². The van der Waals surface area contributed by atoms with Crippen molar-refractivity contribution in [2.24, 2.45) is 0 Å². The highest BCUT2D eigenvalue weighted by Crippen LogP contribution is 2.25. The summed E-state index contributed by atoms with van der Waals surface area (Å²) in [4.78, 5) is 13.0. The molecule has 0 bridgehead atoms. The minimum atomic E-state index is -0.191. The van der Waals surface area contributed by atoms with Gasteiger partial charge in [-0.2, -0.15) is 0 Å². The van der Waals surface area contributed by atoms with E-state index < -0.39 is 0 Å². The van der Waals surface area contributed by atoms with Crippen molar-refractivity contribution in [3.63, 3.8) is 0 Å². The lowest BCUT2D eigenvalue weighted by Crippen LogP contribution is -2.29. The molecule has 1 N–H and O–H groups in total. The number of thiophene rings is 1. The third kappa shape index (κ3) is 5.34. The second-order valence-corrected chi connectivity index (χ2v) is 6.88. The topological polar surface area (TPSA) is 82.8 Å². The molecule has 0 aliphatic rings. The van der Waals surface area contributed by atoms with Crippen molar-refractivity contribution >= 4 is 17.2 Å². The Kier molecular flexibility index (Phi) is 7.05. The molecule has 0 fully saturated rings. The van der Waals surface area contributed by atoms with E-state index in [0.717, 1.165) is 21.9 Å². The number of nitrogens with one attached hydrogen (secondary N) is 1. The molecular weight excluding hydrogens is 380 g/mol. The fourth-order valence-electron chi connectivity index (χ4n) is 2.63. The molecule has 0 spiro atoms. The first kappa shape index (κ1) is 19.9. The number of carbonyl (C=O) groups is 1. The van der Waals surface area contributed by atoms with Gasteiger partial charge in [0.25, 0.3) is 0 Å². The molecule has 2 aromatic heterocycles. The monoisotopic (exact) mass is 402 g/mol. The van der Waals surface area contributed by atoms with Crippen LogP contribution in [0.2, 0.25) is 0 Å². The molecule has 0 aliphatic heterocycles. The van der Waals surface area contributed by atoms with E-state index >= 15 is 0 Å². The summed E-state index contributed by atoms with van der Waals surface area (Å²) in [6.45, 7) is 0.640. The van der Waals surface area contributed by atoms with Crippen LogP contribution in [-0.4, -0.2) is 38.4 Å². The summed E-state index contributed by atoms with van der Waals surface area (Å²) in [7, 11) is 3.23. The number of aromatic nitrogens is 1. The summed E-state index contributed by atoms with van der Waals surface area (Å²) in [5, 5.41) is 8.76. The Hall–Kier alpha value is -2.84. The van der Waals surface area contributed by atoms with Gasteiger partial charge in [-0.25, -0.2) is 0 Å². The van der Waals surface area contributed by atoms with Crippen molar-refractivity contribution in [3.05, 3.63) is 53.0 Å². The van der Waals surface area contributed by atoms with Crippen molar-refractivity contribution in [2.75, 3.05) is 27.4 Å². The SMILES string of the molecule is COc1ccc(OC)c(CCNC(=O)COCc2cc(-c3cccs3)on2)c1. The number of methoxy groups -OCH3 is 2. The number of nitrogens with zero attached hydrogens (tertiary/aromatic N) is 1. The zero-order valence-corrected chi connectivity index (χ0v) is 16.6. The van der Waals surface area contributed by atoms with Crippen LogP contribution >= 0.6 is 11.3 Å². The zero-order chi connectivity index (χ0) is 19.8. The Balaban J connectivity index is 1.39. The number of carbonyl (C=O) groups excluding carboxylic acids is 1. The van der Waals surface area contributed by atoms with Gasteiger partial charge >= 0.3 is 0 Å². The highest BCUT2D eigenvalue weighted by atomic mass is 32.1. The number of hydrogen-bond donors (Lipinski definition) is 1. The lowest BCUT2D eigenvalue weighted by molar-refractivity contribution is -0.126. The maximum Gasteiger partial charge on any atom is 0.246 e. The van der Waals surface area contributed by atoms with Crippen LogP contribution in [0, 0.1) is 0 Å². The van der Waals surface area contributed by atoms with Crippen LogP contribution in [0.5, 0.6) is 11.5 Å². The number of hydrogen-bond acceptors (Lipinski definition) is 7. The van der Waals surface area contributed by atoms with Gasteiger partial charge in [0.1, 0.15) is 23.8 Å².